The summed E-state index contributed by atoms with van der Waals surface area (Å²) < 4.78 is 25.0. The van der Waals surface area contributed by atoms with Gasteiger partial charge in [-0.15, -0.1) is 0 Å². The van der Waals surface area contributed by atoms with Crippen LogP contribution in [0, 0.1) is 5.92 Å². The lowest BCUT2D eigenvalue weighted by atomic mass is 9.86. The van der Waals surface area contributed by atoms with Gasteiger partial charge in [-0.2, -0.15) is 0 Å². The normalized spacial score (nSPS) is 20.1. The van der Waals surface area contributed by atoms with Gasteiger partial charge in [0.05, 0.1) is 0 Å². The number of sulfonamides is 1. The van der Waals surface area contributed by atoms with Crippen LogP contribution in [-0.4, -0.2) is 31.3 Å². The molecule has 82 valence electrons. The number of aliphatic carboxylic acids is 1. The molecule has 1 aliphatic rings. The molecule has 1 saturated carbocycles. The topological polar surface area (TPSA) is 83.5 Å². The van der Waals surface area contributed by atoms with Crippen molar-refractivity contribution < 1.29 is 18.3 Å². The van der Waals surface area contributed by atoms with Gasteiger partial charge in [0.25, 0.3) is 0 Å². The molecule has 0 aliphatic heterocycles. The Balaban J connectivity index is 2.44. The van der Waals surface area contributed by atoms with Gasteiger partial charge in [-0.05, 0) is 25.7 Å². The maximum atomic E-state index is 11.3. The summed E-state index contributed by atoms with van der Waals surface area (Å²) in [6.45, 7) is 1.55. The minimum Gasteiger partial charge on any atom is -0.480 e. The zero-order valence-corrected chi connectivity index (χ0v) is 8.88. The van der Waals surface area contributed by atoms with E-state index in [-0.39, 0.29) is 0 Å². The Hall–Kier alpha value is -0.620. The van der Waals surface area contributed by atoms with Crippen molar-refractivity contribution in [3.8, 4) is 0 Å². The zero-order valence-electron chi connectivity index (χ0n) is 8.06. The van der Waals surface area contributed by atoms with Gasteiger partial charge < -0.3 is 5.11 Å². The van der Waals surface area contributed by atoms with Gasteiger partial charge in [0.1, 0.15) is 0 Å². The maximum Gasteiger partial charge on any atom is 0.323 e. The summed E-state index contributed by atoms with van der Waals surface area (Å²) in [5, 5.41) is 7.16. The van der Waals surface area contributed by atoms with Crippen molar-refractivity contribution in [3.63, 3.8) is 0 Å². The van der Waals surface area contributed by atoms with Crippen LogP contribution in [0.15, 0.2) is 0 Å². The molecule has 0 aromatic carbocycles. The largest absolute Gasteiger partial charge is 0.480 e. The Morgan fingerprint density at radius 3 is 2.50 bits per heavy atom. The van der Waals surface area contributed by atoms with Gasteiger partial charge in [-0.25, -0.2) is 13.1 Å². The molecule has 1 atom stereocenters. The van der Waals surface area contributed by atoms with Crippen molar-refractivity contribution in [2.75, 3.05) is 6.54 Å². The van der Waals surface area contributed by atoms with Crippen LogP contribution in [0.3, 0.4) is 0 Å². The highest BCUT2D eigenvalue weighted by atomic mass is 32.2. The monoisotopic (exact) mass is 221 g/mol. The first-order valence-electron chi connectivity index (χ1n) is 4.65. The second kappa shape index (κ2) is 4.27. The van der Waals surface area contributed by atoms with E-state index in [2.05, 4.69) is 4.72 Å². The lowest BCUT2D eigenvalue weighted by Crippen LogP contribution is -2.40. The summed E-state index contributed by atoms with van der Waals surface area (Å²) in [6, 6.07) is 0. The van der Waals surface area contributed by atoms with Gasteiger partial charge in [0, 0.05) is 6.54 Å². The van der Waals surface area contributed by atoms with Crippen molar-refractivity contribution >= 4 is 16.0 Å². The van der Waals surface area contributed by atoms with E-state index in [9.17, 15) is 13.2 Å². The smallest absolute Gasteiger partial charge is 0.323 e. The average Bonchev–Trinajstić information content (AvgIpc) is 1.99. The molecular weight excluding hydrogens is 206 g/mol. The molecule has 1 fully saturated rings. The van der Waals surface area contributed by atoms with E-state index in [1.807, 2.05) is 0 Å². The zero-order chi connectivity index (χ0) is 10.8. The highest BCUT2D eigenvalue weighted by Crippen LogP contribution is 2.25. The Kier molecular flexibility index (Phi) is 3.49. The summed E-state index contributed by atoms with van der Waals surface area (Å²) in [4.78, 5) is 10.5. The maximum absolute atomic E-state index is 11.3. The van der Waals surface area contributed by atoms with E-state index in [4.69, 9.17) is 5.11 Å². The van der Waals surface area contributed by atoms with Gasteiger partial charge in [-0.3, -0.25) is 4.79 Å². The molecule has 1 unspecified atom stereocenters. The molecule has 0 aromatic rings. The molecule has 0 amide bonds. The first-order chi connectivity index (χ1) is 6.43. The Bertz CT molecular complexity index is 307. The highest BCUT2D eigenvalue weighted by Gasteiger charge is 2.28. The molecule has 1 aliphatic carbocycles. The van der Waals surface area contributed by atoms with Crippen LogP contribution in [0.25, 0.3) is 0 Å². The molecule has 2 N–H and O–H groups in total. The van der Waals surface area contributed by atoms with Crippen LogP contribution in [0.1, 0.15) is 26.2 Å². The van der Waals surface area contributed by atoms with Crippen LogP contribution in [0.5, 0.6) is 0 Å². The van der Waals surface area contributed by atoms with E-state index in [1.54, 1.807) is 0 Å². The molecular formula is C8H15NO4S. The lowest BCUT2D eigenvalue weighted by Gasteiger charge is -2.25. The van der Waals surface area contributed by atoms with E-state index >= 15 is 0 Å². The van der Waals surface area contributed by atoms with Gasteiger partial charge in [0.15, 0.2) is 5.25 Å². The minimum absolute atomic E-state index is 0.375. The predicted octanol–water partition coefficient (Wildman–Crippen LogP) is 0.179. The summed E-state index contributed by atoms with van der Waals surface area (Å²) in [5.41, 5.74) is 0. The van der Waals surface area contributed by atoms with E-state index in [1.165, 1.54) is 6.92 Å². The van der Waals surface area contributed by atoms with Crippen LogP contribution in [-0.2, 0) is 14.8 Å². The summed E-state index contributed by atoms with van der Waals surface area (Å²) in [7, 11) is -3.68. The first kappa shape index (κ1) is 11.5. The Morgan fingerprint density at radius 1 is 1.57 bits per heavy atom. The number of hydrogen-bond acceptors (Lipinski definition) is 3. The van der Waals surface area contributed by atoms with Crippen molar-refractivity contribution in [2.24, 2.45) is 5.92 Å². The lowest BCUT2D eigenvalue weighted by molar-refractivity contribution is -0.136. The molecule has 0 bridgehead atoms. The van der Waals surface area contributed by atoms with Gasteiger partial charge in [0.2, 0.25) is 10.0 Å². The molecule has 5 nitrogen and oxygen atoms in total. The number of hydrogen-bond donors (Lipinski definition) is 2. The summed E-state index contributed by atoms with van der Waals surface area (Å²) in [6.07, 6.45) is 3.20. The van der Waals surface area contributed by atoms with Crippen LogP contribution >= 0.6 is 0 Å². The second-order valence-electron chi connectivity index (χ2n) is 3.67. The number of carboxylic acid groups (broad SMARTS) is 1. The molecule has 0 radical (unpaired) electrons. The Morgan fingerprint density at radius 2 is 2.14 bits per heavy atom. The number of nitrogens with one attached hydrogen (secondary N) is 1. The fourth-order valence-electron chi connectivity index (χ4n) is 1.19. The second-order valence-corrected chi connectivity index (χ2v) is 5.76. The fraction of sp³-hybridized carbons (Fsp3) is 0.875. The third-order valence-corrected chi connectivity index (χ3v) is 4.31. The van der Waals surface area contributed by atoms with Gasteiger partial charge >= 0.3 is 5.97 Å². The number of carbonyl (C=O) groups is 1. The molecule has 0 heterocycles. The quantitative estimate of drug-likeness (QED) is 0.693. The standard InChI is InChI=1S/C8H15NO4S/c1-6(8(10)11)14(12,13)9-5-7-3-2-4-7/h6-7,9H,2-5H2,1H3,(H,10,11). The number of rotatable bonds is 5. The molecule has 1 rings (SSSR count). The molecule has 0 saturated heterocycles. The van der Waals surface area contributed by atoms with Crippen LogP contribution in [0.4, 0.5) is 0 Å². The average molecular weight is 221 g/mol. The molecule has 0 aromatic heterocycles. The fourth-order valence-corrected chi connectivity index (χ4v) is 2.17. The highest BCUT2D eigenvalue weighted by molar-refractivity contribution is 7.90. The predicted molar refractivity (Wildman–Crippen MR) is 51.4 cm³/mol. The van der Waals surface area contributed by atoms with Crippen molar-refractivity contribution in [3.05, 3.63) is 0 Å². The minimum atomic E-state index is -3.68. The van der Waals surface area contributed by atoms with E-state index in [0.29, 0.717) is 12.5 Å². The van der Waals surface area contributed by atoms with Crippen LogP contribution in [0.2, 0.25) is 0 Å². The van der Waals surface area contributed by atoms with E-state index in [0.717, 1.165) is 19.3 Å². The Labute approximate surface area is 83.6 Å². The van der Waals surface area contributed by atoms with Crippen LogP contribution < -0.4 is 4.72 Å². The third kappa shape index (κ3) is 2.68. The first-order valence-corrected chi connectivity index (χ1v) is 6.19. The molecule has 6 heteroatoms. The molecule has 0 spiro atoms. The third-order valence-electron chi connectivity index (χ3n) is 2.61. The van der Waals surface area contributed by atoms with Crippen molar-refractivity contribution in [2.45, 2.75) is 31.4 Å². The van der Waals surface area contributed by atoms with E-state index < -0.39 is 21.2 Å². The van der Waals surface area contributed by atoms with Crippen molar-refractivity contribution in [1.29, 1.82) is 0 Å². The SMILES string of the molecule is CC(C(=O)O)S(=O)(=O)NCC1CCC1. The van der Waals surface area contributed by atoms with Crippen molar-refractivity contribution in [1.82, 2.24) is 4.72 Å². The summed E-state index contributed by atoms with van der Waals surface area (Å²) >= 11 is 0. The molecule has 14 heavy (non-hydrogen) atoms. The van der Waals surface area contributed by atoms with Gasteiger partial charge in [-0.1, -0.05) is 6.42 Å². The summed E-state index contributed by atoms with van der Waals surface area (Å²) in [5.74, 6) is -0.920. The number of carboxylic acids is 1.